The monoisotopic (exact) mass is 356 g/mol. The van der Waals surface area contributed by atoms with Crippen molar-refractivity contribution >= 4 is 24.0 Å². The Labute approximate surface area is 150 Å². The fourth-order valence-corrected chi connectivity index (χ4v) is 3.02. The highest BCUT2D eigenvalue weighted by Crippen LogP contribution is 2.50. The van der Waals surface area contributed by atoms with E-state index < -0.39 is 11.0 Å². The number of carbonyl (C=O) groups excluding carboxylic acids is 1. The summed E-state index contributed by atoms with van der Waals surface area (Å²) in [5.41, 5.74) is 6.85. The van der Waals surface area contributed by atoms with E-state index in [1.807, 2.05) is 52.0 Å². The molecule has 1 aromatic carbocycles. The van der Waals surface area contributed by atoms with E-state index in [-0.39, 0.29) is 24.4 Å². The number of hydrogen-bond donors (Lipinski definition) is 2. The van der Waals surface area contributed by atoms with Gasteiger partial charge in [-0.05, 0) is 31.5 Å². The minimum absolute atomic E-state index is 0. The number of anilines is 1. The Morgan fingerprint density at radius 1 is 1.33 bits per heavy atom. The third kappa shape index (κ3) is 3.91. The Morgan fingerprint density at radius 2 is 2.04 bits per heavy atom. The molecule has 0 radical (unpaired) electrons. The summed E-state index contributed by atoms with van der Waals surface area (Å²) in [6, 6.07) is 7.66. The molecule has 136 valence electrons. The van der Waals surface area contributed by atoms with Gasteiger partial charge in [0.15, 0.2) is 0 Å². The molecule has 5 nitrogen and oxygen atoms in total. The largest absolute Gasteiger partial charge is 0.378 e. The zero-order chi connectivity index (χ0) is 17.1. The Bertz CT molecular complexity index is 565. The average molecular weight is 357 g/mol. The summed E-state index contributed by atoms with van der Waals surface area (Å²) in [7, 11) is 0. The van der Waals surface area contributed by atoms with Gasteiger partial charge in [-0.25, -0.2) is 0 Å². The van der Waals surface area contributed by atoms with Crippen LogP contribution in [0.15, 0.2) is 24.3 Å². The van der Waals surface area contributed by atoms with Gasteiger partial charge in [0, 0.05) is 30.7 Å². The van der Waals surface area contributed by atoms with Gasteiger partial charge in [-0.15, -0.1) is 12.4 Å². The number of amides is 1. The van der Waals surface area contributed by atoms with Gasteiger partial charge in [0.25, 0.3) is 0 Å². The molecule has 0 saturated heterocycles. The van der Waals surface area contributed by atoms with E-state index in [9.17, 15) is 4.79 Å². The van der Waals surface area contributed by atoms with Crippen molar-refractivity contribution in [2.24, 2.45) is 11.1 Å². The van der Waals surface area contributed by atoms with Crippen LogP contribution in [0.5, 0.6) is 0 Å². The highest BCUT2D eigenvalue weighted by molar-refractivity contribution is 5.99. The van der Waals surface area contributed by atoms with Gasteiger partial charge < -0.3 is 20.5 Å². The molecule has 0 aromatic heterocycles. The Morgan fingerprint density at radius 3 is 2.62 bits per heavy atom. The zero-order valence-corrected chi connectivity index (χ0v) is 15.7. The average Bonchev–Trinajstić information content (AvgIpc) is 2.52. The van der Waals surface area contributed by atoms with Crippen LogP contribution in [0.2, 0.25) is 0 Å². The predicted molar refractivity (Wildman–Crippen MR) is 98.4 cm³/mol. The van der Waals surface area contributed by atoms with E-state index in [2.05, 4.69) is 5.32 Å². The number of ether oxygens (including phenoxy) is 2. The molecular weight excluding hydrogens is 328 g/mol. The molecule has 2 rings (SSSR count). The second-order valence-electron chi connectivity index (χ2n) is 6.63. The van der Waals surface area contributed by atoms with Crippen LogP contribution in [0.1, 0.15) is 39.7 Å². The first-order valence-corrected chi connectivity index (χ1v) is 8.23. The molecule has 1 saturated carbocycles. The standard InChI is InChI=1S/C18H28N2O3.ClH/c1-5-22-12-13-8-7-9-14(10-13)20-16(21)18(19)11-15(23-6-2)17(18,3)4;/h7-10,15H,5-6,11-12,19H2,1-4H3,(H,20,21);1H. The SMILES string of the molecule is CCOCc1cccc(NC(=O)C2(N)CC(OCC)C2(C)C)c1.Cl. The summed E-state index contributed by atoms with van der Waals surface area (Å²) in [5, 5.41) is 2.94. The molecule has 0 bridgehead atoms. The lowest BCUT2D eigenvalue weighted by molar-refractivity contribution is -0.166. The van der Waals surface area contributed by atoms with Crippen molar-refractivity contribution in [3.8, 4) is 0 Å². The maximum Gasteiger partial charge on any atom is 0.245 e. The number of halogens is 1. The van der Waals surface area contributed by atoms with E-state index in [0.29, 0.717) is 26.2 Å². The van der Waals surface area contributed by atoms with Gasteiger partial charge in [0.05, 0.1) is 12.7 Å². The molecule has 0 aliphatic heterocycles. The normalized spacial score (nSPS) is 24.6. The number of benzene rings is 1. The van der Waals surface area contributed by atoms with Gasteiger partial charge in [-0.2, -0.15) is 0 Å². The van der Waals surface area contributed by atoms with Crippen molar-refractivity contribution in [1.82, 2.24) is 0 Å². The molecule has 2 atom stereocenters. The summed E-state index contributed by atoms with van der Waals surface area (Å²) in [5.74, 6) is -0.160. The topological polar surface area (TPSA) is 73.6 Å². The quantitative estimate of drug-likeness (QED) is 0.787. The molecule has 1 fully saturated rings. The lowest BCUT2D eigenvalue weighted by Gasteiger charge is -2.57. The molecule has 0 heterocycles. The lowest BCUT2D eigenvalue weighted by atomic mass is 9.54. The first-order chi connectivity index (χ1) is 10.8. The Balaban J connectivity index is 0.00000288. The zero-order valence-electron chi connectivity index (χ0n) is 14.9. The smallest absolute Gasteiger partial charge is 0.245 e. The summed E-state index contributed by atoms with van der Waals surface area (Å²) < 4.78 is 11.1. The molecule has 1 aliphatic rings. The second-order valence-corrected chi connectivity index (χ2v) is 6.63. The minimum atomic E-state index is -0.914. The van der Waals surface area contributed by atoms with Crippen LogP contribution < -0.4 is 11.1 Å². The van der Waals surface area contributed by atoms with Gasteiger partial charge in [-0.1, -0.05) is 26.0 Å². The van der Waals surface area contributed by atoms with E-state index in [1.165, 1.54) is 0 Å². The summed E-state index contributed by atoms with van der Waals surface area (Å²) in [6.07, 6.45) is 0.561. The van der Waals surface area contributed by atoms with Gasteiger partial charge in [-0.3, -0.25) is 4.79 Å². The Kier molecular flexibility index (Phi) is 7.23. The predicted octanol–water partition coefficient (Wildman–Crippen LogP) is 3.12. The van der Waals surface area contributed by atoms with Crippen molar-refractivity contribution < 1.29 is 14.3 Å². The van der Waals surface area contributed by atoms with Crippen molar-refractivity contribution in [1.29, 1.82) is 0 Å². The Hall–Kier alpha value is -1.14. The van der Waals surface area contributed by atoms with Crippen LogP contribution in [0.3, 0.4) is 0 Å². The number of rotatable bonds is 7. The molecule has 2 unspecified atom stereocenters. The highest BCUT2D eigenvalue weighted by Gasteiger charge is 2.62. The minimum Gasteiger partial charge on any atom is -0.378 e. The maximum atomic E-state index is 12.7. The first-order valence-electron chi connectivity index (χ1n) is 8.23. The molecule has 3 N–H and O–H groups in total. The van der Waals surface area contributed by atoms with Crippen molar-refractivity contribution in [3.63, 3.8) is 0 Å². The molecule has 1 amide bonds. The highest BCUT2D eigenvalue weighted by atomic mass is 35.5. The molecule has 1 aromatic rings. The van der Waals surface area contributed by atoms with E-state index in [1.54, 1.807) is 0 Å². The van der Waals surface area contributed by atoms with E-state index in [0.717, 1.165) is 11.3 Å². The van der Waals surface area contributed by atoms with Crippen molar-refractivity contribution in [3.05, 3.63) is 29.8 Å². The summed E-state index contributed by atoms with van der Waals surface area (Å²) in [4.78, 5) is 12.7. The van der Waals surface area contributed by atoms with Gasteiger partial charge >= 0.3 is 0 Å². The molecule has 24 heavy (non-hydrogen) atoms. The molecule has 1 aliphatic carbocycles. The molecular formula is C18H29ClN2O3. The fourth-order valence-electron chi connectivity index (χ4n) is 3.02. The first kappa shape index (κ1) is 20.9. The summed E-state index contributed by atoms with van der Waals surface area (Å²) >= 11 is 0. The van der Waals surface area contributed by atoms with Gasteiger partial charge in [0.1, 0.15) is 5.54 Å². The number of hydrogen-bond acceptors (Lipinski definition) is 4. The van der Waals surface area contributed by atoms with Crippen LogP contribution in [0.4, 0.5) is 5.69 Å². The van der Waals surface area contributed by atoms with Crippen LogP contribution in [-0.4, -0.2) is 30.8 Å². The van der Waals surface area contributed by atoms with Crippen LogP contribution >= 0.6 is 12.4 Å². The lowest BCUT2D eigenvalue weighted by Crippen LogP contribution is -2.74. The van der Waals surface area contributed by atoms with Crippen molar-refractivity contribution in [2.75, 3.05) is 18.5 Å². The fraction of sp³-hybridized carbons (Fsp3) is 0.611. The van der Waals surface area contributed by atoms with Crippen LogP contribution in [-0.2, 0) is 20.9 Å². The van der Waals surface area contributed by atoms with E-state index in [4.69, 9.17) is 15.2 Å². The van der Waals surface area contributed by atoms with E-state index >= 15 is 0 Å². The summed E-state index contributed by atoms with van der Waals surface area (Å²) in [6.45, 7) is 9.71. The third-order valence-electron chi connectivity index (χ3n) is 4.89. The van der Waals surface area contributed by atoms with Crippen molar-refractivity contribution in [2.45, 2.75) is 52.4 Å². The van der Waals surface area contributed by atoms with Gasteiger partial charge in [0.2, 0.25) is 5.91 Å². The third-order valence-corrected chi connectivity index (χ3v) is 4.89. The number of nitrogens with one attached hydrogen (secondary N) is 1. The molecule has 0 spiro atoms. The van der Waals surface area contributed by atoms with Crippen LogP contribution in [0, 0.1) is 5.41 Å². The maximum absolute atomic E-state index is 12.7. The number of nitrogens with two attached hydrogens (primary N) is 1. The number of carbonyl (C=O) groups is 1. The van der Waals surface area contributed by atoms with Crippen LogP contribution in [0.25, 0.3) is 0 Å². The second kappa shape index (κ2) is 8.30. The molecule has 6 heteroatoms.